The van der Waals surface area contributed by atoms with E-state index in [9.17, 15) is 4.79 Å². The van der Waals surface area contributed by atoms with Crippen LogP contribution in [0, 0.1) is 5.92 Å². The summed E-state index contributed by atoms with van der Waals surface area (Å²) in [4.78, 5) is 26.4. The molecule has 0 bridgehead atoms. The highest BCUT2D eigenvalue weighted by Crippen LogP contribution is 2.26. The lowest BCUT2D eigenvalue weighted by Crippen LogP contribution is -2.23. The molecule has 4 heterocycles. The Morgan fingerprint density at radius 2 is 1.91 bits per heavy atom. The van der Waals surface area contributed by atoms with Crippen molar-refractivity contribution < 1.29 is 0 Å². The molecule has 5 aromatic rings. The normalized spacial score (nSPS) is 11.8. The minimum absolute atomic E-state index is 0.159. The van der Waals surface area contributed by atoms with Crippen molar-refractivity contribution in [2.45, 2.75) is 33.4 Å². The fraction of sp³-hybridized carbons (Fsp3) is 0.250. The van der Waals surface area contributed by atoms with Crippen LogP contribution in [-0.4, -0.2) is 24.1 Å². The molecule has 0 N–H and O–H groups in total. The smallest absolute Gasteiger partial charge is 0.269 e. The largest absolute Gasteiger partial charge is 0.325 e. The molecular weight excluding hydrogens is 442 g/mol. The summed E-state index contributed by atoms with van der Waals surface area (Å²) < 4.78 is 3.90. The van der Waals surface area contributed by atoms with Crippen LogP contribution in [0.2, 0.25) is 5.15 Å². The molecule has 1 aromatic carbocycles. The van der Waals surface area contributed by atoms with Gasteiger partial charge in [-0.3, -0.25) is 9.36 Å². The Morgan fingerprint density at radius 3 is 2.69 bits per heavy atom. The molecule has 0 aliphatic rings. The van der Waals surface area contributed by atoms with Gasteiger partial charge in [-0.1, -0.05) is 31.5 Å². The highest BCUT2D eigenvalue weighted by Gasteiger charge is 2.16. The molecular formula is C24H22ClN5OS. The molecule has 0 saturated carbocycles. The maximum Gasteiger partial charge on any atom is 0.269 e. The number of aryl methyl sites for hydroxylation is 1. The van der Waals surface area contributed by atoms with E-state index >= 15 is 0 Å². The number of rotatable bonds is 6. The van der Waals surface area contributed by atoms with Gasteiger partial charge in [0.25, 0.3) is 5.56 Å². The Bertz CT molecular complexity index is 1470. The first-order valence-electron chi connectivity index (χ1n) is 10.5. The first-order valence-corrected chi connectivity index (χ1v) is 11.9. The van der Waals surface area contributed by atoms with Gasteiger partial charge in [-0.15, -0.1) is 0 Å². The molecule has 6 nitrogen and oxygen atoms in total. The zero-order chi connectivity index (χ0) is 22.2. The third-order valence-corrected chi connectivity index (χ3v) is 6.48. The predicted octanol–water partition coefficient (Wildman–Crippen LogP) is 5.62. The van der Waals surface area contributed by atoms with Gasteiger partial charge < -0.3 is 4.57 Å². The minimum Gasteiger partial charge on any atom is -0.325 e. The number of hydrogen-bond acceptors (Lipinski definition) is 5. The van der Waals surface area contributed by atoms with Gasteiger partial charge in [0, 0.05) is 6.54 Å². The van der Waals surface area contributed by atoms with Crippen molar-refractivity contribution in [2.75, 3.05) is 0 Å². The summed E-state index contributed by atoms with van der Waals surface area (Å²) in [5, 5.41) is 4.55. The summed E-state index contributed by atoms with van der Waals surface area (Å²) in [6.07, 6.45) is 2.37. The SMILES string of the molecule is CC(C)CCn1c(Cn2c(=O)cnc3ccc(-c4ccsc4)cc32)nc2nc(Cl)ccc21. The number of hydrogen-bond donors (Lipinski definition) is 0. The van der Waals surface area contributed by atoms with Gasteiger partial charge >= 0.3 is 0 Å². The topological polar surface area (TPSA) is 65.6 Å². The summed E-state index contributed by atoms with van der Waals surface area (Å²) in [7, 11) is 0. The lowest BCUT2D eigenvalue weighted by Gasteiger charge is -2.14. The quantitative estimate of drug-likeness (QED) is 0.307. The molecule has 0 aliphatic carbocycles. The van der Waals surface area contributed by atoms with Gasteiger partial charge in [0.1, 0.15) is 11.0 Å². The molecule has 0 atom stereocenters. The number of nitrogens with zero attached hydrogens (tertiary/aromatic N) is 5. The summed E-state index contributed by atoms with van der Waals surface area (Å²) in [5.74, 6) is 1.32. The van der Waals surface area contributed by atoms with Crippen LogP contribution >= 0.6 is 22.9 Å². The number of pyridine rings is 1. The lowest BCUT2D eigenvalue weighted by molar-refractivity contribution is 0.507. The Morgan fingerprint density at radius 1 is 1.03 bits per heavy atom. The Kier molecular flexibility index (Phi) is 5.53. The minimum atomic E-state index is -0.159. The van der Waals surface area contributed by atoms with Crippen LogP contribution in [0.1, 0.15) is 26.1 Å². The van der Waals surface area contributed by atoms with Crippen molar-refractivity contribution in [1.29, 1.82) is 0 Å². The van der Waals surface area contributed by atoms with Gasteiger partial charge in [0.05, 0.1) is 29.3 Å². The molecule has 0 spiro atoms. The van der Waals surface area contributed by atoms with Crippen LogP contribution in [0.15, 0.2) is 58.1 Å². The second kappa shape index (κ2) is 8.48. The number of benzene rings is 1. The summed E-state index contributed by atoms with van der Waals surface area (Å²) in [5.41, 5.74) is 5.11. The van der Waals surface area contributed by atoms with Gasteiger partial charge in [-0.05, 0) is 64.6 Å². The average Bonchev–Trinajstić information content (AvgIpc) is 3.41. The van der Waals surface area contributed by atoms with Gasteiger partial charge in [0.15, 0.2) is 5.65 Å². The summed E-state index contributed by atoms with van der Waals surface area (Å²) in [6, 6.07) is 11.8. The number of imidazole rings is 1. The Labute approximate surface area is 194 Å². The fourth-order valence-corrected chi connectivity index (χ4v) is 4.67. The van der Waals surface area contributed by atoms with Gasteiger partial charge in [0.2, 0.25) is 0 Å². The summed E-state index contributed by atoms with van der Waals surface area (Å²) in [6.45, 7) is 5.52. The molecule has 0 aliphatic heterocycles. The highest BCUT2D eigenvalue weighted by atomic mass is 35.5. The maximum atomic E-state index is 12.9. The van der Waals surface area contributed by atoms with Gasteiger partial charge in [-0.2, -0.15) is 11.3 Å². The van der Waals surface area contributed by atoms with Crippen molar-refractivity contribution in [2.24, 2.45) is 5.92 Å². The van der Waals surface area contributed by atoms with Crippen molar-refractivity contribution in [3.8, 4) is 11.1 Å². The van der Waals surface area contributed by atoms with E-state index in [2.05, 4.69) is 39.8 Å². The molecule has 0 fully saturated rings. The second-order valence-corrected chi connectivity index (χ2v) is 9.40. The molecule has 4 aromatic heterocycles. The van der Waals surface area contributed by atoms with Crippen molar-refractivity contribution >= 4 is 45.1 Å². The number of fused-ring (bicyclic) bond motifs is 2. The van der Waals surface area contributed by atoms with E-state index in [1.54, 1.807) is 22.0 Å². The van der Waals surface area contributed by atoms with E-state index in [1.165, 1.54) is 6.20 Å². The molecule has 0 amide bonds. The number of aromatic nitrogens is 5. The number of halogens is 1. The number of thiophene rings is 1. The van der Waals surface area contributed by atoms with Crippen molar-refractivity contribution in [3.05, 3.63) is 74.7 Å². The Hall–Kier alpha value is -3.03. The van der Waals surface area contributed by atoms with Gasteiger partial charge in [-0.25, -0.2) is 15.0 Å². The molecule has 0 saturated heterocycles. The zero-order valence-corrected chi connectivity index (χ0v) is 19.4. The highest BCUT2D eigenvalue weighted by molar-refractivity contribution is 7.08. The molecule has 0 radical (unpaired) electrons. The molecule has 0 unspecified atom stereocenters. The van der Waals surface area contributed by atoms with Crippen LogP contribution in [-0.2, 0) is 13.1 Å². The van der Waals surface area contributed by atoms with E-state index < -0.39 is 0 Å². The summed E-state index contributed by atoms with van der Waals surface area (Å²) >= 11 is 7.76. The van der Waals surface area contributed by atoms with E-state index in [-0.39, 0.29) is 5.56 Å². The van der Waals surface area contributed by atoms with E-state index in [1.807, 2.05) is 29.6 Å². The maximum absolute atomic E-state index is 12.9. The monoisotopic (exact) mass is 463 g/mol. The average molecular weight is 464 g/mol. The third-order valence-electron chi connectivity index (χ3n) is 5.59. The third kappa shape index (κ3) is 3.94. The lowest BCUT2D eigenvalue weighted by atomic mass is 10.1. The molecule has 162 valence electrons. The van der Waals surface area contributed by atoms with Crippen LogP contribution < -0.4 is 5.56 Å². The first kappa shape index (κ1) is 20.8. The zero-order valence-electron chi connectivity index (χ0n) is 17.8. The van der Waals surface area contributed by atoms with Crippen LogP contribution in [0.5, 0.6) is 0 Å². The van der Waals surface area contributed by atoms with E-state index in [0.717, 1.165) is 46.5 Å². The van der Waals surface area contributed by atoms with Crippen molar-refractivity contribution in [3.63, 3.8) is 0 Å². The van der Waals surface area contributed by atoms with Crippen LogP contribution in [0.25, 0.3) is 33.3 Å². The standard InChI is InChI=1S/C24H22ClN5OS/c1-15(2)7-9-29-19-5-6-21(25)27-24(19)28-22(29)13-30-20-11-16(17-8-10-32-14-17)3-4-18(20)26-12-23(30)31/h3-6,8,10-12,14-15H,7,9,13H2,1-2H3. The molecule has 5 rings (SSSR count). The molecule has 8 heteroatoms. The molecule has 32 heavy (non-hydrogen) atoms. The first-order chi connectivity index (χ1) is 15.5. The van der Waals surface area contributed by atoms with Crippen LogP contribution in [0.3, 0.4) is 0 Å². The van der Waals surface area contributed by atoms with Crippen LogP contribution in [0.4, 0.5) is 0 Å². The predicted molar refractivity (Wildman–Crippen MR) is 130 cm³/mol. The fourth-order valence-electron chi connectivity index (χ4n) is 3.86. The Balaban J connectivity index is 1.65. The van der Waals surface area contributed by atoms with E-state index in [4.69, 9.17) is 16.6 Å². The van der Waals surface area contributed by atoms with Crippen molar-refractivity contribution in [1.82, 2.24) is 24.1 Å². The second-order valence-electron chi connectivity index (χ2n) is 8.24. The van der Waals surface area contributed by atoms with E-state index in [0.29, 0.717) is 23.3 Å².